The smallest absolute Gasteiger partial charge is 0.249 e. The molecule has 112 valence electrons. The number of nitrogens with two attached hydrogens (primary N) is 1. The second-order valence-electron chi connectivity index (χ2n) is 4.57. The van der Waals surface area contributed by atoms with Crippen LogP contribution in [0.1, 0.15) is 13.3 Å². The van der Waals surface area contributed by atoms with Crippen molar-refractivity contribution in [3.63, 3.8) is 0 Å². The van der Waals surface area contributed by atoms with E-state index in [0.29, 0.717) is 6.42 Å². The van der Waals surface area contributed by atoms with Gasteiger partial charge in [-0.15, -0.1) is 0 Å². The number of hydrogen-bond donors (Lipinski definition) is 1. The maximum Gasteiger partial charge on any atom is 0.249 e. The lowest BCUT2D eigenvalue weighted by Crippen LogP contribution is -2.48. The fourth-order valence-corrected chi connectivity index (χ4v) is 3.98. The molecule has 1 aliphatic heterocycles. The van der Waals surface area contributed by atoms with Gasteiger partial charge in [-0.05, 0) is 18.6 Å². The van der Waals surface area contributed by atoms with E-state index in [2.05, 4.69) is 0 Å². The van der Waals surface area contributed by atoms with E-state index >= 15 is 0 Å². The van der Waals surface area contributed by atoms with Crippen LogP contribution in [0, 0.1) is 11.6 Å². The number of nitrogen functional groups attached to an aromatic ring is 1. The van der Waals surface area contributed by atoms with Crippen LogP contribution in [-0.2, 0) is 14.8 Å². The van der Waals surface area contributed by atoms with Gasteiger partial charge in [0.1, 0.15) is 11.6 Å². The molecule has 8 heteroatoms. The number of anilines is 1. The third kappa shape index (κ3) is 2.63. The number of benzene rings is 1. The Hall–Kier alpha value is -1.25. The van der Waals surface area contributed by atoms with E-state index in [1.54, 1.807) is 6.92 Å². The molecule has 1 heterocycles. The van der Waals surface area contributed by atoms with Crippen LogP contribution in [0.2, 0.25) is 0 Å². The first-order chi connectivity index (χ1) is 9.37. The van der Waals surface area contributed by atoms with Crippen LogP contribution in [-0.4, -0.2) is 38.5 Å². The molecule has 1 aromatic carbocycles. The lowest BCUT2D eigenvalue weighted by Gasteiger charge is -2.34. The number of nitrogens with zero attached hydrogens (tertiary/aromatic N) is 1. The van der Waals surface area contributed by atoms with Crippen LogP contribution >= 0.6 is 0 Å². The van der Waals surface area contributed by atoms with Crippen molar-refractivity contribution in [3.8, 4) is 0 Å². The molecule has 0 aromatic heterocycles. The third-order valence-corrected chi connectivity index (χ3v) is 5.24. The van der Waals surface area contributed by atoms with Crippen LogP contribution in [0.15, 0.2) is 17.0 Å². The summed E-state index contributed by atoms with van der Waals surface area (Å²) in [6.45, 7) is 2.28. The average Bonchev–Trinajstić information content (AvgIpc) is 2.37. The molecule has 0 saturated carbocycles. The van der Waals surface area contributed by atoms with Crippen LogP contribution in [0.4, 0.5) is 14.5 Å². The minimum Gasteiger partial charge on any atom is -0.399 e. The second kappa shape index (κ2) is 5.63. The maximum absolute atomic E-state index is 13.8. The van der Waals surface area contributed by atoms with Gasteiger partial charge in [-0.1, -0.05) is 6.92 Å². The van der Waals surface area contributed by atoms with Crippen LogP contribution in [0.25, 0.3) is 0 Å². The molecule has 2 N–H and O–H groups in total. The van der Waals surface area contributed by atoms with Crippen LogP contribution in [0.3, 0.4) is 0 Å². The fraction of sp³-hybridized carbons (Fsp3) is 0.500. The molecule has 1 fully saturated rings. The van der Waals surface area contributed by atoms with E-state index in [0.717, 1.165) is 16.4 Å². The van der Waals surface area contributed by atoms with Gasteiger partial charge in [-0.3, -0.25) is 0 Å². The summed E-state index contributed by atoms with van der Waals surface area (Å²) >= 11 is 0. The molecule has 1 atom stereocenters. The quantitative estimate of drug-likeness (QED) is 0.856. The monoisotopic (exact) mass is 306 g/mol. The highest BCUT2D eigenvalue weighted by Gasteiger charge is 2.36. The first-order valence-electron chi connectivity index (χ1n) is 6.22. The van der Waals surface area contributed by atoms with Crippen LogP contribution < -0.4 is 5.73 Å². The Morgan fingerprint density at radius 3 is 2.55 bits per heavy atom. The van der Waals surface area contributed by atoms with Crippen molar-refractivity contribution in [2.75, 3.05) is 25.5 Å². The zero-order chi connectivity index (χ0) is 14.9. The summed E-state index contributed by atoms with van der Waals surface area (Å²) in [6, 6.07) is 1.18. The molecule has 5 nitrogen and oxygen atoms in total. The van der Waals surface area contributed by atoms with E-state index < -0.39 is 32.6 Å². The Morgan fingerprint density at radius 1 is 1.40 bits per heavy atom. The minimum atomic E-state index is -4.25. The fourth-order valence-electron chi connectivity index (χ4n) is 2.22. The number of sulfonamides is 1. The predicted molar refractivity (Wildman–Crippen MR) is 69.6 cm³/mol. The Balaban J connectivity index is 2.49. The number of rotatable bonds is 3. The normalized spacial score (nSPS) is 21.1. The second-order valence-corrected chi connectivity index (χ2v) is 6.39. The molecule has 1 aliphatic rings. The Morgan fingerprint density at radius 2 is 2.00 bits per heavy atom. The van der Waals surface area contributed by atoms with Gasteiger partial charge in [-0.2, -0.15) is 4.31 Å². The number of morpholine rings is 1. The van der Waals surface area contributed by atoms with Crippen molar-refractivity contribution in [1.29, 1.82) is 0 Å². The van der Waals surface area contributed by atoms with Crippen molar-refractivity contribution in [2.45, 2.75) is 24.3 Å². The standard InChI is InChI=1S/C12H16F2N2O3S/c1-2-9-7-19-4-3-16(9)20(17,18)12-10(13)5-8(15)6-11(12)14/h5-6,9H,2-4,7,15H2,1H3. The summed E-state index contributed by atoms with van der Waals surface area (Å²) < 4.78 is 58.9. The molecular weight excluding hydrogens is 290 g/mol. The number of hydrogen-bond acceptors (Lipinski definition) is 4. The van der Waals surface area contributed by atoms with Gasteiger partial charge in [0, 0.05) is 18.3 Å². The highest BCUT2D eigenvalue weighted by molar-refractivity contribution is 7.89. The summed E-state index contributed by atoms with van der Waals surface area (Å²) in [5.41, 5.74) is 5.14. The molecule has 1 aromatic rings. The highest BCUT2D eigenvalue weighted by atomic mass is 32.2. The lowest BCUT2D eigenvalue weighted by atomic mass is 10.2. The largest absolute Gasteiger partial charge is 0.399 e. The summed E-state index contributed by atoms with van der Waals surface area (Å²) in [7, 11) is -4.25. The molecule has 0 aliphatic carbocycles. The van der Waals surface area contributed by atoms with Gasteiger partial charge < -0.3 is 10.5 Å². The zero-order valence-electron chi connectivity index (χ0n) is 11.0. The van der Waals surface area contributed by atoms with Gasteiger partial charge in [0.05, 0.1) is 13.2 Å². The van der Waals surface area contributed by atoms with E-state index in [-0.39, 0.29) is 25.4 Å². The van der Waals surface area contributed by atoms with Crippen molar-refractivity contribution in [3.05, 3.63) is 23.8 Å². The minimum absolute atomic E-state index is 0.0735. The molecule has 20 heavy (non-hydrogen) atoms. The van der Waals surface area contributed by atoms with E-state index in [1.807, 2.05) is 0 Å². The molecular formula is C12H16F2N2O3S. The Kier molecular flexibility index (Phi) is 4.26. The lowest BCUT2D eigenvalue weighted by molar-refractivity contribution is 0.0312. The zero-order valence-corrected chi connectivity index (χ0v) is 11.8. The molecule has 0 amide bonds. The number of ether oxygens (including phenoxy) is 1. The van der Waals surface area contributed by atoms with E-state index in [4.69, 9.17) is 10.5 Å². The third-order valence-electron chi connectivity index (χ3n) is 3.23. The van der Waals surface area contributed by atoms with Crippen molar-refractivity contribution < 1.29 is 21.9 Å². The van der Waals surface area contributed by atoms with E-state index in [1.165, 1.54) is 0 Å². The molecule has 0 spiro atoms. The molecule has 0 radical (unpaired) electrons. The van der Waals surface area contributed by atoms with E-state index in [9.17, 15) is 17.2 Å². The van der Waals surface area contributed by atoms with Crippen molar-refractivity contribution in [2.24, 2.45) is 0 Å². The molecule has 1 saturated heterocycles. The molecule has 2 rings (SSSR count). The van der Waals surface area contributed by atoms with Gasteiger partial charge in [0.15, 0.2) is 4.90 Å². The summed E-state index contributed by atoms with van der Waals surface area (Å²) in [5.74, 6) is -2.35. The summed E-state index contributed by atoms with van der Waals surface area (Å²) in [4.78, 5) is -0.952. The first-order valence-corrected chi connectivity index (χ1v) is 7.66. The first kappa shape index (κ1) is 15.1. The highest BCUT2D eigenvalue weighted by Crippen LogP contribution is 2.27. The summed E-state index contributed by atoms with van der Waals surface area (Å²) in [5, 5.41) is 0. The molecule has 1 unspecified atom stereocenters. The Labute approximate surface area is 116 Å². The van der Waals surface area contributed by atoms with Gasteiger partial charge in [0.2, 0.25) is 10.0 Å². The van der Waals surface area contributed by atoms with Gasteiger partial charge in [-0.25, -0.2) is 17.2 Å². The topological polar surface area (TPSA) is 72.6 Å². The van der Waals surface area contributed by atoms with Gasteiger partial charge in [0.25, 0.3) is 0 Å². The average molecular weight is 306 g/mol. The maximum atomic E-state index is 13.8. The van der Waals surface area contributed by atoms with Crippen molar-refractivity contribution in [1.82, 2.24) is 4.31 Å². The van der Waals surface area contributed by atoms with Gasteiger partial charge >= 0.3 is 0 Å². The number of halogens is 2. The Bertz CT molecular complexity index is 584. The molecule has 0 bridgehead atoms. The predicted octanol–water partition coefficient (Wildman–Crippen LogP) is 1.35. The summed E-state index contributed by atoms with van der Waals surface area (Å²) in [6.07, 6.45) is 0.497. The van der Waals surface area contributed by atoms with Crippen LogP contribution in [0.5, 0.6) is 0 Å². The SMILES string of the molecule is CCC1COCCN1S(=O)(=O)c1c(F)cc(N)cc1F. The van der Waals surface area contributed by atoms with Crippen molar-refractivity contribution >= 4 is 15.7 Å².